The molecule has 0 fully saturated rings. The molecule has 11 heteroatoms. The minimum atomic E-state index is -1.38. The minimum Gasteiger partial charge on any atom is -0.494 e. The summed E-state index contributed by atoms with van der Waals surface area (Å²) < 4.78 is 13.1. The van der Waals surface area contributed by atoms with Crippen molar-refractivity contribution in [2.75, 3.05) is 19.8 Å². The highest BCUT2D eigenvalue weighted by Crippen LogP contribution is 2.43. The van der Waals surface area contributed by atoms with Gasteiger partial charge in [-0.3, -0.25) is 10.2 Å². The first kappa shape index (κ1) is 30.1. The number of aliphatic hydroxyl groups excluding tert-OH is 1. The van der Waals surface area contributed by atoms with E-state index in [1.807, 2.05) is 79.7 Å². The van der Waals surface area contributed by atoms with E-state index < -0.39 is 11.6 Å². The molecule has 1 amide bonds. The largest absolute Gasteiger partial charge is 0.494 e. The van der Waals surface area contributed by atoms with Crippen LogP contribution in [0.25, 0.3) is 10.4 Å². The van der Waals surface area contributed by atoms with Gasteiger partial charge in [0.05, 0.1) is 13.2 Å². The van der Waals surface area contributed by atoms with Crippen molar-refractivity contribution in [1.82, 2.24) is 10.9 Å². The Hall–Kier alpha value is -3.89. The van der Waals surface area contributed by atoms with Gasteiger partial charge in [-0.15, -0.1) is 0 Å². The molecule has 10 nitrogen and oxygen atoms in total. The molecule has 1 aliphatic heterocycles. The van der Waals surface area contributed by atoms with E-state index in [0.29, 0.717) is 36.8 Å². The molecule has 3 N–H and O–H groups in total. The van der Waals surface area contributed by atoms with Gasteiger partial charge in [-0.1, -0.05) is 64.4 Å². The Morgan fingerprint density at radius 2 is 1.88 bits per heavy atom. The fraction of sp³-hybridized carbons (Fsp3) is 0.333. The summed E-state index contributed by atoms with van der Waals surface area (Å²) in [6.45, 7) is 3.22. The van der Waals surface area contributed by atoms with Crippen LogP contribution in [0, 0.1) is 0 Å². The van der Waals surface area contributed by atoms with Gasteiger partial charge in [-0.2, -0.15) is 0 Å². The lowest BCUT2D eigenvalue weighted by Crippen LogP contribution is -2.54. The number of nitrogens with zero attached hydrogens (tertiary/aromatic N) is 4. The lowest BCUT2D eigenvalue weighted by atomic mass is 9.81. The Labute approximate surface area is 247 Å². The van der Waals surface area contributed by atoms with Crippen molar-refractivity contribution in [3.63, 3.8) is 0 Å². The molecular formula is C30H33BrN6O4. The first-order chi connectivity index (χ1) is 20.0. The van der Waals surface area contributed by atoms with Crippen LogP contribution >= 0.6 is 15.9 Å². The molecule has 0 aromatic heterocycles. The fourth-order valence-corrected chi connectivity index (χ4v) is 4.84. The maximum absolute atomic E-state index is 14.1. The topological polar surface area (TPSA) is 141 Å². The molecule has 0 bridgehead atoms. The average Bonchev–Trinajstić information content (AvgIpc) is 3.38. The summed E-state index contributed by atoms with van der Waals surface area (Å²) in [6, 6.07) is 22.5. The van der Waals surface area contributed by atoms with Gasteiger partial charge in [0.1, 0.15) is 5.75 Å². The Morgan fingerprint density at radius 1 is 1.15 bits per heavy atom. The van der Waals surface area contributed by atoms with Crippen molar-refractivity contribution in [2.45, 2.75) is 44.4 Å². The third kappa shape index (κ3) is 7.45. The molecule has 4 rings (SSSR count). The second kappa shape index (κ2) is 14.7. The molecule has 0 aliphatic carbocycles. The van der Waals surface area contributed by atoms with Gasteiger partial charge in [0.25, 0.3) is 5.91 Å². The number of rotatable bonds is 14. The number of aliphatic hydroxyl groups is 1. The van der Waals surface area contributed by atoms with E-state index in [9.17, 15) is 4.79 Å². The predicted molar refractivity (Wildman–Crippen MR) is 160 cm³/mol. The van der Waals surface area contributed by atoms with Crippen LogP contribution in [0.5, 0.6) is 5.75 Å². The third-order valence-corrected chi connectivity index (χ3v) is 7.19. The zero-order chi connectivity index (χ0) is 29.1. The number of nitrogens with one attached hydrogen (secondary N) is 2. The van der Waals surface area contributed by atoms with Crippen LogP contribution in [-0.4, -0.2) is 42.2 Å². The SMILES string of the molecule is CCCNNC(=O)[C@@]1(Cc2ccccc2CN=[N+]=[N-])N=C(c2ccc(OCCCO)cc2)O[C@H]1c1ccc(Br)cc1. The molecule has 0 saturated carbocycles. The zero-order valence-electron chi connectivity index (χ0n) is 22.8. The highest BCUT2D eigenvalue weighted by molar-refractivity contribution is 9.10. The van der Waals surface area contributed by atoms with Gasteiger partial charge in [0, 0.05) is 40.9 Å². The third-order valence-electron chi connectivity index (χ3n) is 6.66. The van der Waals surface area contributed by atoms with Crippen molar-refractivity contribution in [1.29, 1.82) is 0 Å². The Balaban J connectivity index is 1.80. The summed E-state index contributed by atoms with van der Waals surface area (Å²) >= 11 is 3.49. The standard InChI is InChI=1S/C30H33BrN6O4/c1-2-16-33-36-29(39)30(19-23-6-3-4-7-24(23)20-34-37-32)27(21-8-12-25(31)13-9-21)41-28(35-30)22-10-14-26(15-11-22)40-18-5-17-38/h3-4,6-15,27,33,38H,2,5,16-20H2,1H3,(H,36,39)/t27-,30-/m0/s1. The number of amides is 1. The van der Waals surface area contributed by atoms with E-state index in [-0.39, 0.29) is 25.5 Å². The highest BCUT2D eigenvalue weighted by Gasteiger charge is 2.53. The number of ether oxygens (including phenoxy) is 2. The van der Waals surface area contributed by atoms with E-state index >= 15 is 0 Å². The van der Waals surface area contributed by atoms with Crippen molar-refractivity contribution in [3.8, 4) is 5.75 Å². The smallest absolute Gasteiger partial charge is 0.266 e. The molecule has 214 valence electrons. The lowest BCUT2D eigenvalue weighted by molar-refractivity contribution is -0.130. The number of carbonyl (C=O) groups excluding carboxylic acids is 1. The van der Waals surface area contributed by atoms with Gasteiger partial charge >= 0.3 is 0 Å². The van der Waals surface area contributed by atoms with Crippen LogP contribution in [-0.2, 0) is 22.5 Å². The normalized spacial score (nSPS) is 17.7. The number of azide groups is 1. The van der Waals surface area contributed by atoms with Crippen LogP contribution in [0.4, 0.5) is 0 Å². The van der Waals surface area contributed by atoms with Gasteiger partial charge in [-0.25, -0.2) is 10.4 Å². The summed E-state index contributed by atoms with van der Waals surface area (Å²) in [6.07, 6.45) is 0.825. The highest BCUT2D eigenvalue weighted by atomic mass is 79.9. The second-order valence-electron chi connectivity index (χ2n) is 9.56. The van der Waals surface area contributed by atoms with Gasteiger partial charge in [0.2, 0.25) is 5.90 Å². The predicted octanol–water partition coefficient (Wildman–Crippen LogP) is 5.55. The summed E-state index contributed by atoms with van der Waals surface area (Å²) in [7, 11) is 0. The van der Waals surface area contributed by atoms with E-state index in [4.69, 9.17) is 25.1 Å². The summed E-state index contributed by atoms with van der Waals surface area (Å²) in [5.41, 5.74) is 16.5. The minimum absolute atomic E-state index is 0.0590. The van der Waals surface area contributed by atoms with Crippen LogP contribution in [0.1, 0.15) is 48.1 Å². The van der Waals surface area contributed by atoms with Crippen LogP contribution in [0.15, 0.2) is 87.4 Å². The monoisotopic (exact) mass is 620 g/mol. The molecule has 41 heavy (non-hydrogen) atoms. The molecule has 1 heterocycles. The van der Waals surface area contributed by atoms with Crippen LogP contribution < -0.4 is 15.6 Å². The molecule has 3 aromatic carbocycles. The number of halogens is 1. The van der Waals surface area contributed by atoms with Crippen LogP contribution in [0.3, 0.4) is 0 Å². The first-order valence-electron chi connectivity index (χ1n) is 13.5. The summed E-state index contributed by atoms with van der Waals surface area (Å²) in [5, 5.41) is 12.8. The van der Waals surface area contributed by atoms with Gasteiger partial charge in [-0.05, 0) is 65.0 Å². The Bertz CT molecular complexity index is 1390. The molecule has 0 unspecified atom stereocenters. The molecular weight excluding hydrogens is 588 g/mol. The summed E-state index contributed by atoms with van der Waals surface area (Å²) in [5.74, 6) is 0.652. The quantitative estimate of drug-likeness (QED) is 0.0712. The maximum atomic E-state index is 14.1. The molecule has 1 aliphatic rings. The molecule has 0 radical (unpaired) electrons. The van der Waals surface area contributed by atoms with Gasteiger partial charge < -0.3 is 14.6 Å². The van der Waals surface area contributed by atoms with Crippen molar-refractivity contribution in [3.05, 3.63) is 110 Å². The number of hydrogen-bond donors (Lipinski definition) is 3. The number of benzene rings is 3. The van der Waals surface area contributed by atoms with Crippen molar-refractivity contribution >= 4 is 27.7 Å². The molecule has 0 saturated heterocycles. The van der Waals surface area contributed by atoms with Crippen molar-refractivity contribution < 1.29 is 19.4 Å². The van der Waals surface area contributed by atoms with Gasteiger partial charge in [0.15, 0.2) is 11.6 Å². The molecule has 3 aromatic rings. The number of aliphatic imine (C=N–C) groups is 1. The maximum Gasteiger partial charge on any atom is 0.266 e. The number of hydrazine groups is 1. The lowest BCUT2D eigenvalue weighted by Gasteiger charge is -2.31. The number of hydrogen-bond acceptors (Lipinski definition) is 7. The zero-order valence-corrected chi connectivity index (χ0v) is 24.4. The number of carbonyl (C=O) groups is 1. The second-order valence-corrected chi connectivity index (χ2v) is 10.5. The van der Waals surface area contributed by atoms with E-state index in [0.717, 1.165) is 27.6 Å². The van der Waals surface area contributed by atoms with Crippen LogP contribution in [0.2, 0.25) is 0 Å². The Morgan fingerprint density at radius 3 is 2.56 bits per heavy atom. The summed E-state index contributed by atoms with van der Waals surface area (Å²) in [4.78, 5) is 22.0. The first-order valence-corrected chi connectivity index (χ1v) is 14.3. The Kier molecular flexibility index (Phi) is 10.8. The fourth-order valence-electron chi connectivity index (χ4n) is 4.58. The van der Waals surface area contributed by atoms with E-state index in [1.54, 1.807) is 0 Å². The van der Waals surface area contributed by atoms with Crippen molar-refractivity contribution in [2.24, 2.45) is 10.1 Å². The molecule has 0 spiro atoms. The van der Waals surface area contributed by atoms with E-state index in [1.165, 1.54) is 0 Å². The average molecular weight is 622 g/mol. The molecule has 2 atom stereocenters. The van der Waals surface area contributed by atoms with E-state index in [2.05, 4.69) is 36.8 Å².